The molecule has 0 amide bonds. The van der Waals surface area contributed by atoms with Crippen LogP contribution >= 0.6 is 0 Å². The van der Waals surface area contributed by atoms with Crippen LogP contribution in [0, 0.1) is 0 Å². The molecule has 1 N–H and O–H groups in total. The van der Waals surface area contributed by atoms with Gasteiger partial charge in [-0.1, -0.05) is 97.1 Å². The number of aryl methyl sites for hydroxylation is 1. The number of fused-ring (bicyclic) bond motifs is 13. The van der Waals surface area contributed by atoms with E-state index in [0.29, 0.717) is 0 Å². The van der Waals surface area contributed by atoms with Crippen molar-refractivity contribution in [2.24, 2.45) is 0 Å². The molecular formula is C37H25NO. The van der Waals surface area contributed by atoms with Gasteiger partial charge in [-0.2, -0.15) is 0 Å². The molecule has 6 aromatic rings. The van der Waals surface area contributed by atoms with E-state index in [0.717, 1.165) is 35.6 Å². The smallest absolute Gasteiger partial charge is 0.137 e. The van der Waals surface area contributed by atoms with Gasteiger partial charge in [0.15, 0.2) is 0 Å². The maximum absolute atomic E-state index is 6.25. The third-order valence-corrected chi connectivity index (χ3v) is 8.93. The van der Waals surface area contributed by atoms with Gasteiger partial charge in [0.2, 0.25) is 0 Å². The number of anilines is 2. The first-order valence-corrected chi connectivity index (χ1v) is 13.8. The largest absolute Gasteiger partial charge is 0.460 e. The highest BCUT2D eigenvalue weighted by atomic mass is 16.3. The van der Waals surface area contributed by atoms with E-state index < -0.39 is 0 Å². The molecule has 3 aliphatic rings. The van der Waals surface area contributed by atoms with E-state index in [-0.39, 0.29) is 5.41 Å². The van der Waals surface area contributed by atoms with E-state index >= 15 is 0 Å². The van der Waals surface area contributed by atoms with E-state index in [1.807, 2.05) is 0 Å². The number of hydrogen-bond donors (Lipinski definition) is 1. The van der Waals surface area contributed by atoms with Crippen LogP contribution in [0.3, 0.4) is 0 Å². The summed E-state index contributed by atoms with van der Waals surface area (Å²) in [6.45, 7) is 0. The van der Waals surface area contributed by atoms with Crippen molar-refractivity contribution in [1.82, 2.24) is 0 Å². The number of benzene rings is 5. The fourth-order valence-corrected chi connectivity index (χ4v) is 7.43. The van der Waals surface area contributed by atoms with Gasteiger partial charge in [-0.3, -0.25) is 0 Å². The second-order valence-corrected chi connectivity index (χ2v) is 10.8. The van der Waals surface area contributed by atoms with Crippen molar-refractivity contribution < 1.29 is 4.42 Å². The number of furan rings is 1. The average Bonchev–Trinajstić information content (AvgIpc) is 3.62. The number of nitrogens with one attached hydrogen (secondary N) is 1. The fraction of sp³-hybridized carbons (Fsp3) is 0.0811. The Labute approximate surface area is 227 Å². The summed E-state index contributed by atoms with van der Waals surface area (Å²) < 4.78 is 6.25. The second-order valence-electron chi connectivity index (χ2n) is 10.8. The van der Waals surface area contributed by atoms with Crippen molar-refractivity contribution in [1.29, 1.82) is 0 Å². The van der Waals surface area contributed by atoms with Crippen molar-refractivity contribution in [2.45, 2.75) is 18.3 Å². The van der Waals surface area contributed by atoms with Crippen LogP contribution in [0.2, 0.25) is 0 Å². The lowest BCUT2D eigenvalue weighted by Crippen LogP contribution is -2.25. The van der Waals surface area contributed by atoms with Gasteiger partial charge in [0, 0.05) is 17.7 Å². The normalized spacial score (nSPS) is 15.1. The molecule has 9 rings (SSSR count). The SMILES string of the molecule is C1=Cc2c(oc3cccc(Nc4ccc5c(c4)C4(c6ccccc6-c6ccccc64)c4ccccc4-5)c23)CC1. The molecule has 1 spiro atoms. The highest BCUT2D eigenvalue weighted by Gasteiger charge is 2.51. The zero-order chi connectivity index (χ0) is 25.6. The van der Waals surface area contributed by atoms with Crippen molar-refractivity contribution in [3.8, 4) is 22.3 Å². The van der Waals surface area contributed by atoms with Gasteiger partial charge >= 0.3 is 0 Å². The first-order chi connectivity index (χ1) is 19.3. The molecule has 2 nitrogen and oxygen atoms in total. The number of allylic oxidation sites excluding steroid dienone is 1. The predicted molar refractivity (Wildman–Crippen MR) is 160 cm³/mol. The molecule has 2 heteroatoms. The van der Waals surface area contributed by atoms with E-state index in [9.17, 15) is 0 Å². The van der Waals surface area contributed by atoms with Crippen molar-refractivity contribution >= 4 is 28.4 Å². The molecule has 1 heterocycles. The highest BCUT2D eigenvalue weighted by molar-refractivity contribution is 6.01. The lowest BCUT2D eigenvalue weighted by atomic mass is 9.70. The average molecular weight is 500 g/mol. The summed E-state index contributed by atoms with van der Waals surface area (Å²) in [5, 5.41) is 4.97. The standard InChI is InChI=1S/C37H25NO/c1-5-14-29-24(10-1)25-11-2-6-15-30(25)37(29)31-16-7-3-12-26(31)27-21-20-23(22-32(27)37)38-33-17-9-19-35-36(33)28-13-4-8-18-34(28)39-35/h1-7,9-17,19-22,38H,8,18H2. The molecule has 0 saturated heterocycles. The number of hydrogen-bond acceptors (Lipinski definition) is 2. The zero-order valence-corrected chi connectivity index (χ0v) is 21.4. The van der Waals surface area contributed by atoms with Crippen LogP contribution in [-0.4, -0.2) is 0 Å². The van der Waals surface area contributed by atoms with Gasteiger partial charge in [-0.25, -0.2) is 0 Å². The molecule has 0 saturated carbocycles. The summed E-state index contributed by atoms with van der Waals surface area (Å²) in [6.07, 6.45) is 6.46. The first kappa shape index (κ1) is 21.2. The van der Waals surface area contributed by atoms with Crippen LogP contribution in [0.15, 0.2) is 120 Å². The third-order valence-electron chi connectivity index (χ3n) is 8.93. The molecule has 3 aliphatic carbocycles. The van der Waals surface area contributed by atoms with E-state index in [1.54, 1.807) is 0 Å². The third kappa shape index (κ3) is 2.66. The molecule has 0 bridgehead atoms. The van der Waals surface area contributed by atoms with E-state index in [4.69, 9.17) is 4.42 Å². The van der Waals surface area contributed by atoms with Crippen molar-refractivity contribution in [2.75, 3.05) is 5.32 Å². The van der Waals surface area contributed by atoms with Crippen LogP contribution in [0.5, 0.6) is 0 Å². The predicted octanol–water partition coefficient (Wildman–Crippen LogP) is 9.48. The summed E-state index contributed by atoms with van der Waals surface area (Å²) in [6, 6.07) is 40.1. The lowest BCUT2D eigenvalue weighted by Gasteiger charge is -2.30. The highest BCUT2D eigenvalue weighted by Crippen LogP contribution is 2.63. The molecule has 39 heavy (non-hydrogen) atoms. The van der Waals surface area contributed by atoms with Gasteiger partial charge in [0.1, 0.15) is 11.3 Å². The summed E-state index contributed by atoms with van der Waals surface area (Å²) in [4.78, 5) is 0. The fourth-order valence-electron chi connectivity index (χ4n) is 7.43. The van der Waals surface area contributed by atoms with Gasteiger partial charge in [0.05, 0.1) is 16.5 Å². The Morgan fingerprint density at radius 3 is 1.95 bits per heavy atom. The Morgan fingerprint density at radius 2 is 1.26 bits per heavy atom. The van der Waals surface area contributed by atoms with E-state index in [2.05, 4.69) is 127 Å². The summed E-state index contributed by atoms with van der Waals surface area (Å²) in [5.41, 5.74) is 14.7. The molecule has 0 radical (unpaired) electrons. The van der Waals surface area contributed by atoms with Crippen LogP contribution < -0.4 is 5.32 Å². The molecule has 1 aromatic heterocycles. The maximum atomic E-state index is 6.25. The minimum Gasteiger partial charge on any atom is -0.460 e. The van der Waals surface area contributed by atoms with Gasteiger partial charge in [-0.05, 0) is 75.2 Å². The molecular weight excluding hydrogens is 474 g/mol. The minimum absolute atomic E-state index is 0.333. The van der Waals surface area contributed by atoms with Crippen molar-refractivity contribution in [3.05, 3.63) is 149 Å². The van der Waals surface area contributed by atoms with Crippen LogP contribution in [0.25, 0.3) is 39.3 Å². The van der Waals surface area contributed by atoms with Gasteiger partial charge in [-0.15, -0.1) is 0 Å². The van der Waals surface area contributed by atoms with Crippen LogP contribution in [0.1, 0.15) is 40.0 Å². The van der Waals surface area contributed by atoms with Gasteiger partial charge in [0.25, 0.3) is 0 Å². The van der Waals surface area contributed by atoms with E-state index in [1.165, 1.54) is 55.5 Å². The molecule has 0 unspecified atom stereocenters. The summed E-state index contributed by atoms with van der Waals surface area (Å²) in [7, 11) is 0. The van der Waals surface area contributed by atoms with Crippen molar-refractivity contribution in [3.63, 3.8) is 0 Å². The molecule has 5 aromatic carbocycles. The Kier molecular flexibility index (Phi) is 4.13. The summed E-state index contributed by atoms with van der Waals surface area (Å²) in [5.74, 6) is 1.09. The van der Waals surface area contributed by atoms with Crippen LogP contribution in [0.4, 0.5) is 11.4 Å². The Morgan fingerprint density at radius 1 is 0.615 bits per heavy atom. The lowest BCUT2D eigenvalue weighted by molar-refractivity contribution is 0.546. The molecule has 0 aliphatic heterocycles. The Hall–Kier alpha value is -4.82. The zero-order valence-electron chi connectivity index (χ0n) is 21.4. The Balaban J connectivity index is 1.29. The Bertz CT molecular complexity index is 1940. The molecule has 0 atom stereocenters. The topological polar surface area (TPSA) is 25.2 Å². The number of rotatable bonds is 2. The second kappa shape index (κ2) is 7.61. The monoisotopic (exact) mass is 499 g/mol. The quantitative estimate of drug-likeness (QED) is 0.256. The van der Waals surface area contributed by atoms with Crippen LogP contribution in [-0.2, 0) is 11.8 Å². The maximum Gasteiger partial charge on any atom is 0.137 e. The minimum atomic E-state index is -0.333. The van der Waals surface area contributed by atoms with Gasteiger partial charge < -0.3 is 9.73 Å². The molecule has 184 valence electrons. The first-order valence-electron chi connectivity index (χ1n) is 13.8. The summed E-state index contributed by atoms with van der Waals surface area (Å²) >= 11 is 0. The molecule has 0 fully saturated rings.